The molecule has 1 atom stereocenters. The van der Waals surface area contributed by atoms with Crippen LogP contribution in [0.1, 0.15) is 42.3 Å². The molecule has 6 heteroatoms. The van der Waals surface area contributed by atoms with Gasteiger partial charge < -0.3 is 14.4 Å². The molecular formula is C14H20N2O4. The summed E-state index contributed by atoms with van der Waals surface area (Å²) in [6.07, 6.45) is 1.86. The second kappa shape index (κ2) is 5.64. The lowest BCUT2D eigenvalue weighted by molar-refractivity contribution is -0.146. The first kappa shape index (κ1) is 14.6. The number of hydrogen-bond acceptors (Lipinski definition) is 4. The summed E-state index contributed by atoms with van der Waals surface area (Å²) in [6.45, 7) is 4.58. The summed E-state index contributed by atoms with van der Waals surface area (Å²) >= 11 is 0. The maximum atomic E-state index is 11.7. The number of carbonyl (C=O) groups is 2. The fourth-order valence-corrected chi connectivity index (χ4v) is 2.68. The Hall–Kier alpha value is -1.85. The molecule has 0 amide bonds. The first-order valence-corrected chi connectivity index (χ1v) is 6.83. The summed E-state index contributed by atoms with van der Waals surface area (Å²) in [5.41, 5.74) is 0.859. The molecule has 0 aromatic carbocycles. The summed E-state index contributed by atoms with van der Waals surface area (Å²) in [5.74, 6) is -0.325. The Labute approximate surface area is 117 Å². The lowest BCUT2D eigenvalue weighted by atomic mass is 9.97. The van der Waals surface area contributed by atoms with Crippen LogP contribution in [-0.4, -0.2) is 33.7 Å². The molecule has 0 saturated carbocycles. The van der Waals surface area contributed by atoms with E-state index in [2.05, 4.69) is 18.8 Å². The second-order valence-electron chi connectivity index (χ2n) is 5.60. The number of nitrogens with zero attached hydrogens (tertiary/aromatic N) is 2. The average Bonchev–Trinajstić information content (AvgIpc) is 2.75. The average molecular weight is 280 g/mol. The Balaban J connectivity index is 2.37. The van der Waals surface area contributed by atoms with Crippen molar-refractivity contribution in [2.75, 3.05) is 7.11 Å². The van der Waals surface area contributed by atoms with Crippen LogP contribution < -0.4 is 0 Å². The molecule has 0 aliphatic carbocycles. The fourth-order valence-electron chi connectivity index (χ4n) is 2.68. The molecule has 6 nitrogen and oxygen atoms in total. The number of ether oxygens (including phenoxy) is 1. The van der Waals surface area contributed by atoms with E-state index in [0.29, 0.717) is 31.7 Å². The highest BCUT2D eigenvalue weighted by atomic mass is 16.5. The predicted molar refractivity (Wildman–Crippen MR) is 71.6 cm³/mol. The molecule has 0 radical (unpaired) electrons. The van der Waals surface area contributed by atoms with Gasteiger partial charge in [-0.05, 0) is 18.8 Å². The zero-order chi connectivity index (χ0) is 14.9. The van der Waals surface area contributed by atoms with E-state index in [1.54, 1.807) is 0 Å². The van der Waals surface area contributed by atoms with Crippen LogP contribution in [0.3, 0.4) is 0 Å². The molecule has 0 fully saturated rings. The number of carboxylic acid groups (broad SMARTS) is 1. The van der Waals surface area contributed by atoms with Crippen LogP contribution in [0.5, 0.6) is 0 Å². The Morgan fingerprint density at radius 1 is 1.50 bits per heavy atom. The van der Waals surface area contributed by atoms with Crippen LogP contribution in [0, 0.1) is 11.8 Å². The minimum Gasteiger partial charge on any atom is -0.476 e. The number of carbonyl (C=O) groups excluding carboxylic acids is 1. The number of hydrogen-bond donors (Lipinski definition) is 1. The summed E-state index contributed by atoms with van der Waals surface area (Å²) in [4.78, 5) is 27.2. The van der Waals surface area contributed by atoms with E-state index in [1.807, 2.05) is 4.57 Å². The minimum absolute atomic E-state index is 0.129. The Kier molecular flexibility index (Phi) is 4.11. The summed E-state index contributed by atoms with van der Waals surface area (Å²) in [5, 5.41) is 9.24. The summed E-state index contributed by atoms with van der Waals surface area (Å²) < 4.78 is 6.69. The number of imidazole rings is 1. The normalized spacial score (nSPS) is 17.9. The van der Waals surface area contributed by atoms with Crippen molar-refractivity contribution in [3.63, 3.8) is 0 Å². The standard InChI is InChI=1S/C14H20N2O4/c1-8(2)6-11-15-12(13(17)18)10-5-4-9(7-16(10)11)14(19)20-3/h8-9H,4-7H2,1-3H3,(H,17,18). The van der Waals surface area contributed by atoms with Crippen molar-refractivity contribution in [2.24, 2.45) is 11.8 Å². The smallest absolute Gasteiger partial charge is 0.356 e. The van der Waals surface area contributed by atoms with Gasteiger partial charge in [-0.1, -0.05) is 13.8 Å². The molecule has 1 unspecified atom stereocenters. The lowest BCUT2D eigenvalue weighted by Crippen LogP contribution is -2.29. The quantitative estimate of drug-likeness (QED) is 0.845. The molecule has 0 spiro atoms. The number of carboxylic acids is 1. The van der Waals surface area contributed by atoms with E-state index in [-0.39, 0.29) is 17.6 Å². The molecule has 2 heterocycles. The van der Waals surface area contributed by atoms with Gasteiger partial charge in [0.15, 0.2) is 5.69 Å². The van der Waals surface area contributed by atoms with Crippen LogP contribution in [0.4, 0.5) is 0 Å². The number of methoxy groups -OCH3 is 1. The lowest BCUT2D eigenvalue weighted by Gasteiger charge is -2.24. The molecule has 20 heavy (non-hydrogen) atoms. The number of rotatable bonds is 4. The van der Waals surface area contributed by atoms with Gasteiger partial charge in [-0.15, -0.1) is 0 Å². The topological polar surface area (TPSA) is 81.4 Å². The van der Waals surface area contributed by atoms with Gasteiger partial charge in [0.2, 0.25) is 0 Å². The molecule has 1 aliphatic heterocycles. The highest BCUT2D eigenvalue weighted by Gasteiger charge is 2.31. The Bertz CT molecular complexity index is 534. The van der Waals surface area contributed by atoms with Gasteiger partial charge in [0.05, 0.1) is 18.7 Å². The van der Waals surface area contributed by atoms with Gasteiger partial charge in [0.1, 0.15) is 5.82 Å². The second-order valence-corrected chi connectivity index (χ2v) is 5.60. The number of aromatic nitrogens is 2. The van der Waals surface area contributed by atoms with Crippen molar-refractivity contribution < 1.29 is 19.4 Å². The molecule has 0 saturated heterocycles. The molecule has 0 bridgehead atoms. The number of fused-ring (bicyclic) bond motifs is 1. The maximum absolute atomic E-state index is 11.7. The van der Waals surface area contributed by atoms with Crippen molar-refractivity contribution >= 4 is 11.9 Å². The largest absolute Gasteiger partial charge is 0.476 e. The van der Waals surface area contributed by atoms with E-state index in [1.165, 1.54) is 7.11 Å². The van der Waals surface area contributed by atoms with Gasteiger partial charge in [0.25, 0.3) is 0 Å². The van der Waals surface area contributed by atoms with Crippen LogP contribution in [0.15, 0.2) is 0 Å². The van der Waals surface area contributed by atoms with E-state index < -0.39 is 5.97 Å². The van der Waals surface area contributed by atoms with E-state index in [9.17, 15) is 14.7 Å². The van der Waals surface area contributed by atoms with Crippen molar-refractivity contribution in [2.45, 2.75) is 39.7 Å². The molecule has 110 valence electrons. The van der Waals surface area contributed by atoms with Crippen LogP contribution in [0.25, 0.3) is 0 Å². The van der Waals surface area contributed by atoms with E-state index in [4.69, 9.17) is 4.74 Å². The van der Waals surface area contributed by atoms with Crippen molar-refractivity contribution in [1.29, 1.82) is 0 Å². The molecule has 1 aromatic rings. The third kappa shape index (κ3) is 2.69. The van der Waals surface area contributed by atoms with Crippen LogP contribution in [-0.2, 0) is 28.9 Å². The molecular weight excluding hydrogens is 260 g/mol. The summed E-state index contributed by atoms with van der Waals surface area (Å²) in [6, 6.07) is 0. The first-order chi connectivity index (χ1) is 9.43. The predicted octanol–water partition coefficient (Wildman–Crippen LogP) is 1.52. The monoisotopic (exact) mass is 280 g/mol. The van der Waals surface area contributed by atoms with Gasteiger partial charge in [0, 0.05) is 13.0 Å². The molecule has 1 aliphatic rings. The van der Waals surface area contributed by atoms with Gasteiger partial charge in [-0.25, -0.2) is 9.78 Å². The molecule has 1 aromatic heterocycles. The van der Waals surface area contributed by atoms with Gasteiger partial charge in [-0.3, -0.25) is 4.79 Å². The third-order valence-electron chi connectivity index (χ3n) is 3.61. The zero-order valence-electron chi connectivity index (χ0n) is 12.0. The zero-order valence-corrected chi connectivity index (χ0v) is 12.0. The number of esters is 1. The SMILES string of the molecule is COC(=O)C1CCc2c(C(=O)O)nc(CC(C)C)n2C1. The van der Waals surface area contributed by atoms with Crippen molar-refractivity contribution in [3.8, 4) is 0 Å². The third-order valence-corrected chi connectivity index (χ3v) is 3.61. The van der Waals surface area contributed by atoms with Crippen molar-refractivity contribution in [3.05, 3.63) is 17.2 Å². The fraction of sp³-hybridized carbons (Fsp3) is 0.643. The highest BCUT2D eigenvalue weighted by Crippen LogP contribution is 2.26. The van der Waals surface area contributed by atoms with Crippen LogP contribution >= 0.6 is 0 Å². The van der Waals surface area contributed by atoms with Gasteiger partial charge in [-0.2, -0.15) is 0 Å². The minimum atomic E-state index is -1.000. The molecule has 2 rings (SSSR count). The molecule has 1 N–H and O–H groups in total. The Morgan fingerprint density at radius 3 is 2.75 bits per heavy atom. The van der Waals surface area contributed by atoms with Crippen molar-refractivity contribution in [1.82, 2.24) is 9.55 Å². The van der Waals surface area contributed by atoms with E-state index >= 15 is 0 Å². The van der Waals surface area contributed by atoms with Gasteiger partial charge >= 0.3 is 11.9 Å². The summed E-state index contributed by atoms with van der Waals surface area (Å²) in [7, 11) is 1.38. The highest BCUT2D eigenvalue weighted by molar-refractivity contribution is 5.87. The van der Waals surface area contributed by atoms with E-state index in [0.717, 1.165) is 11.5 Å². The van der Waals surface area contributed by atoms with Crippen LogP contribution in [0.2, 0.25) is 0 Å². The Morgan fingerprint density at radius 2 is 2.20 bits per heavy atom. The maximum Gasteiger partial charge on any atom is 0.356 e. The first-order valence-electron chi connectivity index (χ1n) is 6.83. The number of aromatic carboxylic acids is 1.